The Morgan fingerprint density at radius 1 is 1.14 bits per heavy atom. The average molecular weight is 592 g/mol. The number of carbonyl (C=O) groups is 1. The molecule has 0 unspecified atom stereocenters. The van der Waals surface area contributed by atoms with Crippen molar-refractivity contribution >= 4 is 40.3 Å². The molecule has 0 fully saturated rings. The van der Waals surface area contributed by atoms with E-state index in [2.05, 4.69) is 27.9 Å². The molecule has 0 radical (unpaired) electrons. The highest BCUT2D eigenvalue weighted by Gasteiger charge is 2.30. The van der Waals surface area contributed by atoms with E-state index in [1.54, 1.807) is 18.2 Å². The van der Waals surface area contributed by atoms with E-state index in [4.69, 9.17) is 9.47 Å². The van der Waals surface area contributed by atoms with Crippen LogP contribution in [-0.2, 0) is 17.6 Å². The van der Waals surface area contributed by atoms with Crippen LogP contribution >= 0.6 is 22.6 Å². The molecule has 0 bridgehead atoms. The third-order valence-corrected chi connectivity index (χ3v) is 5.64. The monoisotopic (exact) mass is 592 g/mol. The highest BCUT2D eigenvalue weighted by molar-refractivity contribution is 14.1. The van der Waals surface area contributed by atoms with Gasteiger partial charge in [-0.3, -0.25) is 4.79 Å². The lowest BCUT2D eigenvalue weighted by molar-refractivity contribution is -0.137. The van der Waals surface area contributed by atoms with Crippen molar-refractivity contribution in [3.63, 3.8) is 0 Å². The lowest BCUT2D eigenvalue weighted by Gasteiger charge is -2.14. The number of nitrogens with zero attached hydrogens (tertiary/aromatic N) is 1. The topological polar surface area (TPSA) is 71.3 Å². The largest absolute Gasteiger partial charge is 0.493 e. The van der Waals surface area contributed by atoms with Crippen molar-refractivity contribution in [3.05, 3.63) is 92.1 Å². The van der Waals surface area contributed by atoms with E-state index in [1.165, 1.54) is 25.3 Å². The van der Waals surface area contributed by atoms with E-state index in [9.17, 15) is 23.2 Å². The van der Waals surface area contributed by atoms with E-state index < -0.39 is 17.6 Å². The number of halogens is 4. The molecule has 0 saturated heterocycles. The molecular formula is C26H20F3IN2O3. The van der Waals surface area contributed by atoms with Crippen LogP contribution in [0.2, 0.25) is 0 Å². The van der Waals surface area contributed by atoms with Gasteiger partial charge in [-0.15, -0.1) is 0 Å². The van der Waals surface area contributed by atoms with Gasteiger partial charge in [0, 0.05) is 5.69 Å². The van der Waals surface area contributed by atoms with Gasteiger partial charge in [0.1, 0.15) is 18.2 Å². The molecule has 0 aliphatic carbocycles. The predicted octanol–water partition coefficient (Wildman–Crippen LogP) is 6.75. The first kappa shape index (κ1) is 26.1. The summed E-state index contributed by atoms with van der Waals surface area (Å²) < 4.78 is 50.9. The number of hydrogen-bond donors (Lipinski definition) is 1. The van der Waals surface area contributed by atoms with Gasteiger partial charge in [0.2, 0.25) is 0 Å². The number of hydrogen-bond acceptors (Lipinski definition) is 4. The van der Waals surface area contributed by atoms with Crippen molar-refractivity contribution in [2.24, 2.45) is 0 Å². The van der Waals surface area contributed by atoms with E-state index in [0.717, 1.165) is 23.3 Å². The lowest BCUT2D eigenvalue weighted by atomic mass is 10.1. The number of ether oxygens (including phenoxy) is 2. The number of methoxy groups -OCH3 is 1. The second-order valence-corrected chi connectivity index (χ2v) is 8.68. The smallest absolute Gasteiger partial charge is 0.416 e. The third-order valence-electron chi connectivity index (χ3n) is 4.84. The maximum atomic E-state index is 12.9. The number of anilines is 1. The molecule has 9 heteroatoms. The molecule has 0 saturated carbocycles. The summed E-state index contributed by atoms with van der Waals surface area (Å²) >= 11 is 2.07. The molecule has 3 rings (SSSR count). The van der Waals surface area contributed by atoms with Gasteiger partial charge in [-0.25, -0.2) is 0 Å². The summed E-state index contributed by atoms with van der Waals surface area (Å²) in [5.41, 5.74) is 1.33. The number of benzene rings is 3. The molecule has 5 nitrogen and oxygen atoms in total. The molecule has 3 aromatic carbocycles. The fraction of sp³-hybridized carbons (Fsp3) is 0.154. The quantitative estimate of drug-likeness (QED) is 0.187. The van der Waals surface area contributed by atoms with Gasteiger partial charge >= 0.3 is 6.18 Å². The molecule has 1 N–H and O–H groups in total. The predicted molar refractivity (Wildman–Crippen MR) is 135 cm³/mol. The summed E-state index contributed by atoms with van der Waals surface area (Å²) in [7, 11) is 1.48. The lowest BCUT2D eigenvalue weighted by Crippen LogP contribution is -2.14. The minimum absolute atomic E-state index is 0.0713. The Labute approximate surface area is 214 Å². The number of alkyl halides is 3. The molecule has 0 spiro atoms. The molecule has 35 heavy (non-hydrogen) atoms. The van der Waals surface area contributed by atoms with E-state index in [1.807, 2.05) is 31.2 Å². The van der Waals surface area contributed by atoms with Gasteiger partial charge in [-0.2, -0.15) is 18.4 Å². The van der Waals surface area contributed by atoms with Gasteiger partial charge in [0.05, 0.1) is 16.2 Å². The first-order valence-electron chi connectivity index (χ1n) is 10.3. The maximum Gasteiger partial charge on any atom is 0.416 e. The fourth-order valence-corrected chi connectivity index (χ4v) is 3.99. The number of rotatable bonds is 7. The summed E-state index contributed by atoms with van der Waals surface area (Å²) in [5.74, 6) is 0.0885. The Bertz CT molecular complexity index is 1310. The Kier molecular flexibility index (Phi) is 8.40. The molecule has 1 amide bonds. The molecule has 3 aromatic rings. The van der Waals surface area contributed by atoms with Gasteiger partial charge in [0.15, 0.2) is 11.5 Å². The Balaban J connectivity index is 1.82. The van der Waals surface area contributed by atoms with Gasteiger partial charge in [-0.05, 0) is 77.0 Å². The summed E-state index contributed by atoms with van der Waals surface area (Å²) in [6.07, 6.45) is -3.22. The van der Waals surface area contributed by atoms with Crippen LogP contribution in [0.5, 0.6) is 11.5 Å². The summed E-state index contributed by atoms with van der Waals surface area (Å²) in [5, 5.41) is 11.8. The number of amides is 1. The second kappa shape index (κ2) is 11.3. The van der Waals surface area contributed by atoms with Crippen LogP contribution in [0.25, 0.3) is 6.08 Å². The number of nitriles is 1. The molecule has 0 heterocycles. The minimum atomic E-state index is -4.55. The first-order valence-corrected chi connectivity index (χ1v) is 11.3. The third kappa shape index (κ3) is 6.99. The SMILES string of the molecule is COc1cc(/C=C(\C#N)C(=O)Nc2cccc(C(F)(F)F)c2)cc(I)c1OCc1cccc(C)c1. The van der Waals surface area contributed by atoms with E-state index in [0.29, 0.717) is 27.2 Å². The molecule has 0 aliphatic heterocycles. The van der Waals surface area contributed by atoms with Crippen LogP contribution < -0.4 is 14.8 Å². The number of carbonyl (C=O) groups excluding carboxylic acids is 1. The first-order chi connectivity index (χ1) is 16.6. The van der Waals surface area contributed by atoms with Crippen LogP contribution in [-0.4, -0.2) is 13.0 Å². The Morgan fingerprint density at radius 2 is 1.89 bits per heavy atom. The van der Waals surface area contributed by atoms with E-state index >= 15 is 0 Å². The zero-order chi connectivity index (χ0) is 25.6. The summed E-state index contributed by atoms with van der Waals surface area (Å²) in [6.45, 7) is 2.32. The van der Waals surface area contributed by atoms with Crippen molar-refractivity contribution in [1.29, 1.82) is 5.26 Å². The molecule has 0 aliphatic rings. The zero-order valence-electron chi connectivity index (χ0n) is 18.7. The Morgan fingerprint density at radius 3 is 2.54 bits per heavy atom. The van der Waals surface area contributed by atoms with Gasteiger partial charge < -0.3 is 14.8 Å². The zero-order valence-corrected chi connectivity index (χ0v) is 20.9. The van der Waals surface area contributed by atoms with Crippen LogP contribution in [0.15, 0.2) is 66.2 Å². The Hall–Kier alpha value is -3.52. The fourth-order valence-electron chi connectivity index (χ4n) is 3.21. The van der Waals surface area contributed by atoms with Crippen LogP contribution in [0, 0.1) is 21.8 Å². The van der Waals surface area contributed by atoms with Gasteiger partial charge in [0.25, 0.3) is 5.91 Å². The van der Waals surface area contributed by atoms with Crippen LogP contribution in [0.4, 0.5) is 18.9 Å². The van der Waals surface area contributed by atoms with Crippen molar-refractivity contribution in [2.45, 2.75) is 19.7 Å². The molecule has 0 aromatic heterocycles. The molecular weight excluding hydrogens is 572 g/mol. The number of nitrogens with one attached hydrogen (secondary N) is 1. The van der Waals surface area contributed by atoms with Crippen molar-refractivity contribution in [2.75, 3.05) is 12.4 Å². The highest BCUT2D eigenvalue weighted by atomic mass is 127. The maximum absolute atomic E-state index is 12.9. The van der Waals surface area contributed by atoms with Crippen LogP contribution in [0.3, 0.4) is 0 Å². The minimum Gasteiger partial charge on any atom is -0.493 e. The summed E-state index contributed by atoms with van der Waals surface area (Å²) in [6, 6.07) is 17.2. The normalized spacial score (nSPS) is 11.5. The standard InChI is InChI=1S/C26H20F3IN2O3/c1-16-5-3-6-17(9-16)15-35-24-22(30)11-18(12-23(24)34-2)10-19(14-31)25(33)32-21-8-4-7-20(13-21)26(27,28)29/h3-13H,15H2,1-2H3,(H,32,33)/b19-10+. The summed E-state index contributed by atoms with van der Waals surface area (Å²) in [4.78, 5) is 12.6. The second-order valence-electron chi connectivity index (χ2n) is 7.51. The van der Waals surface area contributed by atoms with Crippen molar-refractivity contribution < 1.29 is 27.4 Å². The van der Waals surface area contributed by atoms with Crippen LogP contribution in [0.1, 0.15) is 22.3 Å². The number of aryl methyl sites for hydroxylation is 1. The van der Waals surface area contributed by atoms with Crippen molar-refractivity contribution in [1.82, 2.24) is 0 Å². The molecule has 180 valence electrons. The average Bonchev–Trinajstić information content (AvgIpc) is 2.81. The van der Waals surface area contributed by atoms with E-state index in [-0.39, 0.29) is 11.3 Å². The van der Waals surface area contributed by atoms with Crippen molar-refractivity contribution in [3.8, 4) is 17.6 Å². The highest BCUT2D eigenvalue weighted by Crippen LogP contribution is 2.35. The van der Waals surface area contributed by atoms with Gasteiger partial charge in [-0.1, -0.05) is 35.9 Å². The molecule has 0 atom stereocenters.